The Kier molecular flexibility index (Phi) is 2.21. The molecule has 0 bridgehead atoms. The van der Waals surface area contributed by atoms with Gasteiger partial charge in [0.15, 0.2) is 0 Å². The van der Waals surface area contributed by atoms with Crippen molar-refractivity contribution in [2.75, 3.05) is 6.61 Å². The molecule has 0 aromatic heterocycles. The molecule has 1 heterocycles. The first kappa shape index (κ1) is 8.17. The second kappa shape index (κ2) is 3.52. The van der Waals surface area contributed by atoms with Crippen LogP contribution in [0.2, 0.25) is 0 Å². The van der Waals surface area contributed by atoms with Gasteiger partial charge in [-0.1, -0.05) is 24.8 Å². The zero-order valence-corrected chi connectivity index (χ0v) is 7.49. The molecule has 1 N–H and O–H groups in total. The van der Waals surface area contributed by atoms with E-state index in [9.17, 15) is 0 Å². The Morgan fingerprint density at radius 3 is 3.15 bits per heavy atom. The first-order valence-corrected chi connectivity index (χ1v) is 4.50. The van der Waals surface area contributed by atoms with Crippen LogP contribution in [-0.2, 0) is 0 Å². The van der Waals surface area contributed by atoms with Crippen molar-refractivity contribution in [3.8, 4) is 5.75 Å². The molecule has 0 amide bonds. The SMILES string of the molecule is C=CN[C@H]1CCOc2ccccc21. The van der Waals surface area contributed by atoms with Gasteiger partial charge in [-0.15, -0.1) is 0 Å². The molecule has 0 spiro atoms. The standard InChI is InChI=1S/C11H13NO/c1-2-12-10-7-8-13-11-6-4-3-5-9(10)11/h2-6,10,12H,1,7-8H2/t10-/m0/s1. The normalized spacial score (nSPS) is 19.8. The van der Waals surface area contributed by atoms with Gasteiger partial charge >= 0.3 is 0 Å². The Morgan fingerprint density at radius 1 is 1.46 bits per heavy atom. The molecule has 0 aliphatic carbocycles. The first-order chi connectivity index (χ1) is 6.42. The van der Waals surface area contributed by atoms with Crippen molar-refractivity contribution in [3.63, 3.8) is 0 Å². The molecule has 0 saturated carbocycles. The predicted molar refractivity (Wildman–Crippen MR) is 52.6 cm³/mol. The lowest BCUT2D eigenvalue weighted by Gasteiger charge is -2.25. The maximum atomic E-state index is 5.53. The van der Waals surface area contributed by atoms with Gasteiger partial charge in [0.2, 0.25) is 0 Å². The molecule has 68 valence electrons. The van der Waals surface area contributed by atoms with Gasteiger partial charge in [-0.3, -0.25) is 0 Å². The number of nitrogens with one attached hydrogen (secondary N) is 1. The molecule has 0 fully saturated rings. The molecule has 1 aromatic carbocycles. The molecule has 13 heavy (non-hydrogen) atoms. The number of hydrogen-bond donors (Lipinski definition) is 1. The second-order valence-electron chi connectivity index (χ2n) is 3.10. The lowest BCUT2D eigenvalue weighted by molar-refractivity contribution is 0.260. The summed E-state index contributed by atoms with van der Waals surface area (Å²) in [5.74, 6) is 0.994. The molecule has 1 aliphatic heterocycles. The van der Waals surface area contributed by atoms with E-state index >= 15 is 0 Å². The molecule has 2 nitrogen and oxygen atoms in total. The highest BCUT2D eigenvalue weighted by atomic mass is 16.5. The summed E-state index contributed by atoms with van der Waals surface area (Å²) in [6, 6.07) is 8.49. The highest BCUT2D eigenvalue weighted by Crippen LogP contribution is 2.31. The van der Waals surface area contributed by atoms with Gasteiger partial charge in [0, 0.05) is 12.0 Å². The quantitative estimate of drug-likeness (QED) is 0.744. The van der Waals surface area contributed by atoms with Crippen LogP contribution in [0, 0.1) is 0 Å². The van der Waals surface area contributed by atoms with Gasteiger partial charge in [-0.25, -0.2) is 0 Å². The minimum Gasteiger partial charge on any atom is -0.493 e. The third-order valence-electron chi connectivity index (χ3n) is 2.28. The number of ether oxygens (including phenoxy) is 1. The predicted octanol–water partition coefficient (Wildman–Crippen LogP) is 2.24. The van der Waals surface area contributed by atoms with Crippen molar-refractivity contribution in [2.24, 2.45) is 0 Å². The van der Waals surface area contributed by atoms with E-state index < -0.39 is 0 Å². The highest BCUT2D eigenvalue weighted by molar-refractivity contribution is 5.37. The summed E-state index contributed by atoms with van der Waals surface area (Å²) in [6.45, 7) is 4.46. The molecule has 0 radical (unpaired) electrons. The zero-order valence-electron chi connectivity index (χ0n) is 7.49. The molecular weight excluding hydrogens is 162 g/mol. The monoisotopic (exact) mass is 175 g/mol. The average Bonchev–Trinajstić information content (AvgIpc) is 2.19. The van der Waals surface area contributed by atoms with Gasteiger partial charge in [0.1, 0.15) is 5.75 Å². The second-order valence-corrected chi connectivity index (χ2v) is 3.10. The molecule has 0 unspecified atom stereocenters. The van der Waals surface area contributed by atoms with Crippen molar-refractivity contribution < 1.29 is 4.74 Å². The van der Waals surface area contributed by atoms with Crippen LogP contribution in [0.4, 0.5) is 0 Å². The Labute approximate surface area is 78.2 Å². The number of fused-ring (bicyclic) bond motifs is 1. The van der Waals surface area contributed by atoms with E-state index in [-0.39, 0.29) is 0 Å². The summed E-state index contributed by atoms with van der Waals surface area (Å²) >= 11 is 0. The van der Waals surface area contributed by atoms with E-state index in [0.717, 1.165) is 18.8 Å². The summed E-state index contributed by atoms with van der Waals surface area (Å²) < 4.78 is 5.53. The van der Waals surface area contributed by atoms with Crippen LogP contribution in [0.5, 0.6) is 5.75 Å². The fraction of sp³-hybridized carbons (Fsp3) is 0.273. The molecule has 1 aliphatic rings. The van der Waals surface area contributed by atoms with E-state index in [0.29, 0.717) is 6.04 Å². The summed E-state index contributed by atoms with van der Waals surface area (Å²) in [7, 11) is 0. The average molecular weight is 175 g/mol. The maximum Gasteiger partial charge on any atom is 0.124 e. The Bertz CT molecular complexity index is 309. The van der Waals surface area contributed by atoms with Crippen LogP contribution in [0.25, 0.3) is 0 Å². The van der Waals surface area contributed by atoms with Crippen molar-refractivity contribution in [2.45, 2.75) is 12.5 Å². The van der Waals surface area contributed by atoms with Gasteiger partial charge in [-0.2, -0.15) is 0 Å². The van der Waals surface area contributed by atoms with Crippen molar-refractivity contribution in [1.82, 2.24) is 5.32 Å². The number of para-hydroxylation sites is 1. The maximum absolute atomic E-state index is 5.53. The Hall–Kier alpha value is -1.44. The van der Waals surface area contributed by atoms with Crippen LogP contribution in [0.15, 0.2) is 37.0 Å². The summed E-state index contributed by atoms with van der Waals surface area (Å²) in [5, 5.41) is 3.22. The van der Waals surface area contributed by atoms with E-state index in [1.807, 2.05) is 18.2 Å². The van der Waals surface area contributed by atoms with E-state index in [4.69, 9.17) is 4.74 Å². The van der Waals surface area contributed by atoms with Crippen LogP contribution in [0.3, 0.4) is 0 Å². The number of benzene rings is 1. The van der Waals surface area contributed by atoms with Gasteiger partial charge in [0.25, 0.3) is 0 Å². The molecule has 2 heteroatoms. The van der Waals surface area contributed by atoms with Crippen molar-refractivity contribution in [1.29, 1.82) is 0 Å². The van der Waals surface area contributed by atoms with Gasteiger partial charge in [-0.05, 0) is 12.3 Å². The molecule has 1 aromatic rings. The van der Waals surface area contributed by atoms with Crippen LogP contribution < -0.4 is 10.1 Å². The first-order valence-electron chi connectivity index (χ1n) is 4.50. The number of rotatable bonds is 2. The molecule has 0 saturated heterocycles. The van der Waals surface area contributed by atoms with Gasteiger partial charge in [0.05, 0.1) is 12.6 Å². The third kappa shape index (κ3) is 1.52. The van der Waals surface area contributed by atoms with Crippen LogP contribution in [0.1, 0.15) is 18.0 Å². The molecule has 1 atom stereocenters. The molecular formula is C11H13NO. The smallest absolute Gasteiger partial charge is 0.124 e. The summed E-state index contributed by atoms with van der Waals surface area (Å²) in [4.78, 5) is 0. The number of hydrogen-bond acceptors (Lipinski definition) is 2. The van der Waals surface area contributed by atoms with E-state index in [2.05, 4.69) is 18.0 Å². The van der Waals surface area contributed by atoms with Gasteiger partial charge < -0.3 is 10.1 Å². The Balaban J connectivity index is 2.31. The van der Waals surface area contributed by atoms with Crippen LogP contribution in [-0.4, -0.2) is 6.61 Å². The van der Waals surface area contributed by atoms with E-state index in [1.165, 1.54) is 5.56 Å². The summed E-state index contributed by atoms with van der Waals surface area (Å²) in [5.41, 5.74) is 1.23. The minimum atomic E-state index is 0.363. The Morgan fingerprint density at radius 2 is 2.31 bits per heavy atom. The zero-order chi connectivity index (χ0) is 9.10. The fourth-order valence-electron chi connectivity index (χ4n) is 1.66. The fourth-order valence-corrected chi connectivity index (χ4v) is 1.66. The topological polar surface area (TPSA) is 21.3 Å². The lowest BCUT2D eigenvalue weighted by atomic mass is 10.0. The molecule has 2 rings (SSSR count). The van der Waals surface area contributed by atoms with Crippen molar-refractivity contribution >= 4 is 0 Å². The minimum absolute atomic E-state index is 0.363. The lowest BCUT2D eigenvalue weighted by Crippen LogP contribution is -2.23. The van der Waals surface area contributed by atoms with Crippen LogP contribution >= 0.6 is 0 Å². The summed E-state index contributed by atoms with van der Waals surface area (Å²) in [6.07, 6.45) is 2.75. The van der Waals surface area contributed by atoms with E-state index in [1.54, 1.807) is 6.20 Å². The van der Waals surface area contributed by atoms with Crippen molar-refractivity contribution in [3.05, 3.63) is 42.6 Å². The third-order valence-corrected chi connectivity index (χ3v) is 2.28. The largest absolute Gasteiger partial charge is 0.493 e. The highest BCUT2D eigenvalue weighted by Gasteiger charge is 2.18.